The van der Waals surface area contributed by atoms with Crippen LogP contribution in [0, 0.1) is 0 Å². The smallest absolute Gasteiger partial charge is 0.335 e. The van der Waals surface area contributed by atoms with E-state index in [0.717, 1.165) is 30.6 Å². The van der Waals surface area contributed by atoms with Crippen LogP contribution in [-0.4, -0.2) is 25.3 Å². The molecule has 0 heterocycles. The SMILES string of the molecule is COc1cccc(COC(C)C(=O)OC2CCc3ccccc3C2)c1. The van der Waals surface area contributed by atoms with Gasteiger partial charge in [0.25, 0.3) is 0 Å². The maximum Gasteiger partial charge on any atom is 0.335 e. The minimum absolute atomic E-state index is 0.0646. The van der Waals surface area contributed by atoms with Crippen molar-refractivity contribution in [1.29, 1.82) is 0 Å². The highest BCUT2D eigenvalue weighted by Gasteiger charge is 2.24. The third kappa shape index (κ3) is 4.60. The van der Waals surface area contributed by atoms with E-state index in [9.17, 15) is 4.79 Å². The average molecular weight is 340 g/mol. The summed E-state index contributed by atoms with van der Waals surface area (Å²) in [5.74, 6) is 0.476. The third-order valence-electron chi connectivity index (χ3n) is 4.55. The van der Waals surface area contributed by atoms with Crippen molar-refractivity contribution in [2.45, 2.75) is 45.0 Å². The highest BCUT2D eigenvalue weighted by atomic mass is 16.6. The molecule has 3 rings (SSSR count). The van der Waals surface area contributed by atoms with Gasteiger partial charge in [0, 0.05) is 6.42 Å². The van der Waals surface area contributed by atoms with Crippen molar-refractivity contribution in [3.63, 3.8) is 0 Å². The van der Waals surface area contributed by atoms with E-state index in [-0.39, 0.29) is 12.1 Å². The number of benzene rings is 2. The zero-order chi connectivity index (χ0) is 17.6. The van der Waals surface area contributed by atoms with Gasteiger partial charge in [-0.05, 0) is 48.6 Å². The average Bonchev–Trinajstić information content (AvgIpc) is 2.66. The molecule has 25 heavy (non-hydrogen) atoms. The van der Waals surface area contributed by atoms with E-state index in [2.05, 4.69) is 18.2 Å². The molecular weight excluding hydrogens is 316 g/mol. The molecule has 0 fully saturated rings. The second kappa shape index (κ2) is 8.17. The largest absolute Gasteiger partial charge is 0.497 e. The molecule has 1 aliphatic rings. The Bertz CT molecular complexity index is 725. The molecule has 0 radical (unpaired) electrons. The van der Waals surface area contributed by atoms with Crippen LogP contribution in [0.4, 0.5) is 0 Å². The number of ether oxygens (including phenoxy) is 3. The molecule has 0 spiro atoms. The fraction of sp³-hybridized carbons (Fsp3) is 0.381. The number of methoxy groups -OCH3 is 1. The van der Waals surface area contributed by atoms with Crippen LogP contribution in [0.3, 0.4) is 0 Å². The van der Waals surface area contributed by atoms with E-state index in [1.165, 1.54) is 11.1 Å². The fourth-order valence-electron chi connectivity index (χ4n) is 3.08. The second-order valence-electron chi connectivity index (χ2n) is 6.38. The van der Waals surface area contributed by atoms with Crippen LogP contribution in [0.15, 0.2) is 48.5 Å². The maximum absolute atomic E-state index is 12.3. The van der Waals surface area contributed by atoms with Crippen molar-refractivity contribution >= 4 is 5.97 Å². The molecule has 0 amide bonds. The predicted octanol–water partition coefficient (Wildman–Crippen LogP) is 3.70. The van der Waals surface area contributed by atoms with Crippen molar-refractivity contribution < 1.29 is 19.0 Å². The van der Waals surface area contributed by atoms with Crippen molar-refractivity contribution in [1.82, 2.24) is 0 Å². The standard InChI is InChI=1S/C21H24O4/c1-15(24-14-16-6-5-9-19(12-16)23-2)21(22)25-20-11-10-17-7-3-4-8-18(17)13-20/h3-9,12,15,20H,10-11,13-14H2,1-2H3. The van der Waals surface area contributed by atoms with Gasteiger partial charge in [-0.25, -0.2) is 4.79 Å². The maximum atomic E-state index is 12.3. The lowest BCUT2D eigenvalue weighted by atomic mass is 9.90. The van der Waals surface area contributed by atoms with Crippen LogP contribution < -0.4 is 4.74 Å². The van der Waals surface area contributed by atoms with E-state index in [1.807, 2.05) is 30.3 Å². The number of carbonyl (C=O) groups is 1. The lowest BCUT2D eigenvalue weighted by Crippen LogP contribution is -2.31. The lowest BCUT2D eigenvalue weighted by Gasteiger charge is -2.25. The first-order valence-corrected chi connectivity index (χ1v) is 8.67. The molecule has 2 aromatic rings. The molecule has 132 valence electrons. The van der Waals surface area contributed by atoms with Crippen LogP contribution in [-0.2, 0) is 33.7 Å². The van der Waals surface area contributed by atoms with Crippen molar-refractivity contribution in [2.75, 3.05) is 7.11 Å². The molecule has 0 saturated carbocycles. The third-order valence-corrected chi connectivity index (χ3v) is 4.55. The molecule has 0 aliphatic heterocycles. The Morgan fingerprint density at radius 1 is 1.16 bits per heavy atom. The van der Waals surface area contributed by atoms with Gasteiger partial charge in [-0.2, -0.15) is 0 Å². The number of hydrogen-bond donors (Lipinski definition) is 0. The number of esters is 1. The van der Waals surface area contributed by atoms with E-state index < -0.39 is 6.10 Å². The zero-order valence-electron chi connectivity index (χ0n) is 14.7. The summed E-state index contributed by atoms with van der Waals surface area (Å²) in [7, 11) is 1.63. The van der Waals surface area contributed by atoms with Crippen molar-refractivity contribution in [2.24, 2.45) is 0 Å². The minimum Gasteiger partial charge on any atom is -0.497 e. The number of aryl methyl sites for hydroxylation is 1. The summed E-state index contributed by atoms with van der Waals surface area (Å²) >= 11 is 0. The molecule has 2 unspecified atom stereocenters. The highest BCUT2D eigenvalue weighted by molar-refractivity contribution is 5.74. The summed E-state index contributed by atoms with van der Waals surface area (Å²) in [4.78, 5) is 12.3. The van der Waals surface area contributed by atoms with E-state index in [4.69, 9.17) is 14.2 Å². The number of fused-ring (bicyclic) bond motifs is 1. The quantitative estimate of drug-likeness (QED) is 0.752. The molecule has 0 N–H and O–H groups in total. The normalized spacial score (nSPS) is 17.4. The molecule has 4 nitrogen and oxygen atoms in total. The van der Waals surface area contributed by atoms with Gasteiger partial charge < -0.3 is 14.2 Å². The number of rotatable bonds is 6. The Morgan fingerprint density at radius 2 is 1.96 bits per heavy atom. The Labute approximate surface area is 148 Å². The first-order valence-electron chi connectivity index (χ1n) is 8.67. The summed E-state index contributed by atoms with van der Waals surface area (Å²) < 4.78 is 16.5. The van der Waals surface area contributed by atoms with Crippen molar-refractivity contribution in [3.05, 3.63) is 65.2 Å². The second-order valence-corrected chi connectivity index (χ2v) is 6.38. The summed E-state index contributed by atoms with van der Waals surface area (Å²) in [5, 5.41) is 0. The van der Waals surface area contributed by atoms with Gasteiger partial charge in [0.2, 0.25) is 0 Å². The molecule has 0 aromatic heterocycles. The Hall–Kier alpha value is -2.33. The van der Waals surface area contributed by atoms with E-state index in [0.29, 0.717) is 6.61 Å². The van der Waals surface area contributed by atoms with Gasteiger partial charge in [-0.15, -0.1) is 0 Å². The summed E-state index contributed by atoms with van der Waals surface area (Å²) in [6, 6.07) is 16.0. The van der Waals surface area contributed by atoms with Crippen LogP contribution in [0.1, 0.15) is 30.0 Å². The number of carbonyl (C=O) groups excluding carboxylic acids is 1. The van der Waals surface area contributed by atoms with Gasteiger partial charge in [-0.3, -0.25) is 0 Å². The Balaban J connectivity index is 1.49. The van der Waals surface area contributed by atoms with Gasteiger partial charge >= 0.3 is 5.97 Å². The fourth-order valence-corrected chi connectivity index (χ4v) is 3.08. The topological polar surface area (TPSA) is 44.8 Å². The molecular formula is C21H24O4. The molecule has 1 aliphatic carbocycles. The van der Waals surface area contributed by atoms with Crippen LogP contribution >= 0.6 is 0 Å². The summed E-state index contributed by atoms with van der Waals surface area (Å²) in [5.41, 5.74) is 3.60. The monoisotopic (exact) mass is 340 g/mol. The summed E-state index contributed by atoms with van der Waals surface area (Å²) in [6.07, 6.45) is 1.94. The van der Waals surface area contributed by atoms with Gasteiger partial charge in [-0.1, -0.05) is 36.4 Å². The van der Waals surface area contributed by atoms with Crippen LogP contribution in [0.2, 0.25) is 0 Å². The Morgan fingerprint density at radius 3 is 2.76 bits per heavy atom. The minimum atomic E-state index is -0.594. The molecule has 0 bridgehead atoms. The summed E-state index contributed by atoms with van der Waals surface area (Å²) in [6.45, 7) is 2.08. The van der Waals surface area contributed by atoms with Crippen LogP contribution in [0.25, 0.3) is 0 Å². The zero-order valence-corrected chi connectivity index (χ0v) is 14.7. The molecule has 2 atom stereocenters. The van der Waals surface area contributed by atoms with E-state index in [1.54, 1.807) is 14.0 Å². The Kier molecular flexibility index (Phi) is 5.71. The first-order chi connectivity index (χ1) is 12.2. The van der Waals surface area contributed by atoms with Crippen molar-refractivity contribution in [3.8, 4) is 5.75 Å². The lowest BCUT2D eigenvalue weighted by molar-refractivity contribution is -0.162. The first kappa shape index (κ1) is 17.5. The van der Waals surface area contributed by atoms with Crippen LogP contribution in [0.5, 0.6) is 5.75 Å². The number of hydrogen-bond acceptors (Lipinski definition) is 4. The van der Waals surface area contributed by atoms with E-state index >= 15 is 0 Å². The van der Waals surface area contributed by atoms with Gasteiger partial charge in [0.1, 0.15) is 11.9 Å². The van der Waals surface area contributed by atoms with Gasteiger partial charge in [0.15, 0.2) is 6.10 Å². The van der Waals surface area contributed by atoms with Gasteiger partial charge in [0.05, 0.1) is 13.7 Å². The highest BCUT2D eigenvalue weighted by Crippen LogP contribution is 2.23. The molecule has 0 saturated heterocycles. The predicted molar refractivity (Wildman–Crippen MR) is 95.6 cm³/mol. The molecule has 2 aromatic carbocycles. The molecule has 4 heteroatoms.